The normalized spacial score (nSPS) is 16.8. The van der Waals surface area contributed by atoms with Crippen LogP contribution in [0.25, 0.3) is 33.5 Å². The zero-order valence-electron chi connectivity index (χ0n) is 29.3. The van der Waals surface area contributed by atoms with Crippen LogP contribution in [0.15, 0.2) is 94.9 Å². The highest BCUT2D eigenvalue weighted by atomic mass is 19.1. The molecule has 1 saturated carbocycles. The van der Waals surface area contributed by atoms with Crippen LogP contribution in [-0.2, 0) is 4.74 Å². The zero-order valence-corrected chi connectivity index (χ0v) is 29.3. The first-order valence-electron chi connectivity index (χ1n) is 17.2. The van der Waals surface area contributed by atoms with Crippen molar-refractivity contribution in [3.05, 3.63) is 129 Å². The van der Waals surface area contributed by atoms with E-state index in [-0.39, 0.29) is 22.8 Å². The average molecular weight is 722 g/mol. The van der Waals surface area contributed by atoms with Gasteiger partial charge in [0.05, 0.1) is 17.3 Å². The van der Waals surface area contributed by atoms with Crippen molar-refractivity contribution in [3.63, 3.8) is 0 Å². The first kappa shape index (κ1) is 35.2. The Hall–Kier alpha value is -6.18. The third kappa shape index (κ3) is 7.04. The van der Waals surface area contributed by atoms with Crippen LogP contribution in [-0.4, -0.2) is 41.5 Å². The standard InChI is InChI=1S/C39H37F2N7O5/c1-39(2,3)33(53-37(42)51)24-8-4-6-22(16-24)23-7-5-9-29(17-23)47-34-30(18-26(41)19-43-34)36(50)48(38(47)52)28-13-11-27(12-14-28)44-35(49)31-21-46-20-25(40)10-15-32(46)45-31/h4-10,15-21,27-28,33H,11-14H2,1-3H3,(H2,42,51)(H,44,49)/t27-,28+,33?. The number of hydrogen-bond donors (Lipinski definition) is 2. The fourth-order valence-electron chi connectivity index (χ4n) is 7.12. The Morgan fingerprint density at radius 1 is 0.925 bits per heavy atom. The summed E-state index contributed by atoms with van der Waals surface area (Å²) in [6.07, 6.45) is 3.85. The van der Waals surface area contributed by atoms with Crippen molar-refractivity contribution in [1.29, 1.82) is 0 Å². The van der Waals surface area contributed by atoms with E-state index in [0.717, 1.165) is 29.0 Å². The fraction of sp³-hybridized carbons (Fsp3) is 0.282. The van der Waals surface area contributed by atoms with Gasteiger partial charge in [0, 0.05) is 29.9 Å². The van der Waals surface area contributed by atoms with Crippen molar-refractivity contribution in [1.82, 2.24) is 28.8 Å². The maximum atomic E-state index is 14.6. The maximum absolute atomic E-state index is 14.6. The van der Waals surface area contributed by atoms with E-state index in [9.17, 15) is 28.0 Å². The summed E-state index contributed by atoms with van der Waals surface area (Å²) in [5.74, 6) is -1.59. The van der Waals surface area contributed by atoms with Crippen LogP contribution in [0.4, 0.5) is 13.6 Å². The van der Waals surface area contributed by atoms with Crippen LogP contribution in [0.3, 0.4) is 0 Å². The van der Waals surface area contributed by atoms with E-state index in [2.05, 4.69) is 15.3 Å². The Bertz CT molecular complexity index is 2510. The molecule has 2 aromatic carbocycles. The van der Waals surface area contributed by atoms with Gasteiger partial charge < -0.3 is 20.2 Å². The van der Waals surface area contributed by atoms with Crippen molar-refractivity contribution in [3.8, 4) is 16.8 Å². The van der Waals surface area contributed by atoms with Gasteiger partial charge in [0.2, 0.25) is 0 Å². The number of rotatable bonds is 7. The van der Waals surface area contributed by atoms with E-state index < -0.39 is 52.4 Å². The van der Waals surface area contributed by atoms with Crippen molar-refractivity contribution >= 4 is 28.7 Å². The number of imidazole rings is 1. The minimum atomic E-state index is -0.886. The number of carbonyl (C=O) groups is 2. The SMILES string of the molecule is CC(C)(C)C(OC(N)=O)c1cccc(-c2cccc(-n3c(=O)n([C@H]4CC[C@@H](NC(=O)c5cn6cc(F)ccc6n5)CC4)c(=O)c4cc(F)cnc43)c2)c1. The number of hydrogen-bond acceptors (Lipinski definition) is 7. The third-order valence-corrected chi connectivity index (χ3v) is 9.58. The lowest BCUT2D eigenvalue weighted by atomic mass is 9.84. The molecule has 12 nitrogen and oxygen atoms in total. The Labute approximate surface area is 301 Å². The van der Waals surface area contributed by atoms with Gasteiger partial charge in [0.1, 0.15) is 29.1 Å². The minimum absolute atomic E-state index is 0.0134. The smallest absolute Gasteiger partial charge is 0.405 e. The number of primary amides is 1. The summed E-state index contributed by atoms with van der Waals surface area (Å²) in [5.41, 5.74) is 6.88. The Kier molecular flexibility index (Phi) is 9.14. The first-order chi connectivity index (χ1) is 25.3. The Morgan fingerprint density at radius 3 is 2.36 bits per heavy atom. The molecule has 4 aromatic heterocycles. The maximum Gasteiger partial charge on any atom is 0.405 e. The molecule has 1 aliphatic rings. The number of nitrogens with two attached hydrogens (primary N) is 1. The molecule has 53 heavy (non-hydrogen) atoms. The van der Waals surface area contributed by atoms with Gasteiger partial charge in [-0.2, -0.15) is 0 Å². The predicted molar refractivity (Wildman–Crippen MR) is 194 cm³/mol. The summed E-state index contributed by atoms with van der Waals surface area (Å²) in [6.45, 7) is 5.81. The number of halogens is 2. The van der Waals surface area contributed by atoms with Gasteiger partial charge in [-0.3, -0.25) is 14.2 Å². The van der Waals surface area contributed by atoms with E-state index >= 15 is 0 Å². The first-order valence-corrected chi connectivity index (χ1v) is 17.2. The minimum Gasteiger partial charge on any atom is -0.441 e. The molecule has 3 N–H and O–H groups in total. The fourth-order valence-corrected chi connectivity index (χ4v) is 7.12. The molecule has 0 bridgehead atoms. The molecular weight excluding hydrogens is 684 g/mol. The summed E-state index contributed by atoms with van der Waals surface area (Å²) < 4.78 is 37.6. The Balaban J connectivity index is 1.20. The lowest BCUT2D eigenvalue weighted by molar-refractivity contribution is 0.0360. The van der Waals surface area contributed by atoms with E-state index in [0.29, 0.717) is 37.0 Å². The molecule has 2 amide bonds. The molecule has 1 unspecified atom stereocenters. The molecular formula is C39H37F2N7O5. The van der Waals surface area contributed by atoms with E-state index in [1.807, 2.05) is 51.1 Å². The molecule has 6 aromatic rings. The molecule has 7 rings (SSSR count). The molecule has 0 saturated heterocycles. The summed E-state index contributed by atoms with van der Waals surface area (Å²) in [6, 6.07) is 17.6. The van der Waals surface area contributed by atoms with Gasteiger partial charge >= 0.3 is 11.8 Å². The number of ether oxygens (including phenoxy) is 1. The number of benzene rings is 2. The number of pyridine rings is 2. The average Bonchev–Trinajstić information content (AvgIpc) is 3.55. The van der Waals surface area contributed by atoms with Gasteiger partial charge in [-0.05, 0) is 78.8 Å². The lowest BCUT2D eigenvalue weighted by Gasteiger charge is -2.30. The van der Waals surface area contributed by atoms with Gasteiger partial charge in [0.15, 0.2) is 5.65 Å². The number of carbonyl (C=O) groups excluding carboxylic acids is 2. The van der Waals surface area contributed by atoms with Crippen LogP contribution in [0.1, 0.15) is 74.7 Å². The second-order valence-electron chi connectivity index (χ2n) is 14.4. The monoisotopic (exact) mass is 721 g/mol. The van der Waals surface area contributed by atoms with Crippen molar-refractivity contribution in [2.45, 2.75) is 64.6 Å². The molecule has 1 atom stereocenters. The van der Waals surface area contributed by atoms with Crippen LogP contribution in [0, 0.1) is 17.0 Å². The summed E-state index contributed by atoms with van der Waals surface area (Å²) in [7, 11) is 0. The number of nitrogens with one attached hydrogen (secondary N) is 1. The number of amides is 2. The second-order valence-corrected chi connectivity index (χ2v) is 14.4. The van der Waals surface area contributed by atoms with Gasteiger partial charge in [-0.25, -0.2) is 32.9 Å². The van der Waals surface area contributed by atoms with Gasteiger partial charge in [-0.1, -0.05) is 51.1 Å². The molecule has 4 heterocycles. The lowest BCUT2D eigenvalue weighted by Crippen LogP contribution is -2.45. The molecule has 1 aliphatic carbocycles. The largest absolute Gasteiger partial charge is 0.441 e. The highest BCUT2D eigenvalue weighted by Gasteiger charge is 2.31. The predicted octanol–water partition coefficient (Wildman–Crippen LogP) is 6.24. The van der Waals surface area contributed by atoms with Crippen molar-refractivity contribution < 1.29 is 23.1 Å². The second kappa shape index (κ2) is 13.7. The van der Waals surface area contributed by atoms with Crippen LogP contribution >= 0.6 is 0 Å². The molecule has 0 radical (unpaired) electrons. The molecule has 272 valence electrons. The number of fused-ring (bicyclic) bond motifs is 2. The van der Waals surface area contributed by atoms with E-state index in [4.69, 9.17) is 10.5 Å². The molecule has 0 aliphatic heterocycles. The zero-order chi connectivity index (χ0) is 37.6. The molecule has 0 spiro atoms. The molecule has 1 fully saturated rings. The number of aromatic nitrogens is 5. The van der Waals surface area contributed by atoms with E-state index in [1.54, 1.807) is 18.2 Å². The summed E-state index contributed by atoms with van der Waals surface area (Å²) in [5, 5.41) is 2.92. The van der Waals surface area contributed by atoms with Gasteiger partial charge in [0.25, 0.3) is 11.5 Å². The Morgan fingerprint density at radius 2 is 1.64 bits per heavy atom. The third-order valence-electron chi connectivity index (χ3n) is 9.58. The van der Waals surface area contributed by atoms with Gasteiger partial charge in [-0.15, -0.1) is 0 Å². The molecule has 14 heteroatoms. The van der Waals surface area contributed by atoms with Crippen LogP contribution in [0.2, 0.25) is 0 Å². The van der Waals surface area contributed by atoms with Crippen LogP contribution in [0.5, 0.6) is 0 Å². The van der Waals surface area contributed by atoms with Crippen molar-refractivity contribution in [2.75, 3.05) is 0 Å². The summed E-state index contributed by atoms with van der Waals surface area (Å²) >= 11 is 0. The topological polar surface area (TPSA) is 156 Å². The van der Waals surface area contributed by atoms with Crippen LogP contribution < -0.4 is 22.3 Å². The highest BCUT2D eigenvalue weighted by molar-refractivity contribution is 5.93. The quantitative estimate of drug-likeness (QED) is 0.198. The highest BCUT2D eigenvalue weighted by Crippen LogP contribution is 2.38. The summed E-state index contributed by atoms with van der Waals surface area (Å²) in [4.78, 5) is 61.5. The van der Waals surface area contributed by atoms with E-state index in [1.165, 1.54) is 38.1 Å². The number of nitrogens with zero attached hydrogens (tertiary/aromatic N) is 5. The van der Waals surface area contributed by atoms with Crippen molar-refractivity contribution in [2.24, 2.45) is 11.1 Å².